The van der Waals surface area contributed by atoms with Gasteiger partial charge in [0.1, 0.15) is 12.2 Å². The maximum atomic E-state index is 12.9. The molecule has 14 nitrogen and oxygen atoms in total. The number of ether oxygens (including phenoxy) is 5. The molecule has 0 aliphatic carbocycles. The van der Waals surface area contributed by atoms with E-state index in [1.165, 1.54) is 0 Å². The van der Waals surface area contributed by atoms with Gasteiger partial charge in [0, 0.05) is 83.9 Å². The van der Waals surface area contributed by atoms with Crippen molar-refractivity contribution in [3.8, 4) is 0 Å². The van der Waals surface area contributed by atoms with E-state index in [0.29, 0.717) is 103 Å². The highest BCUT2D eigenvalue weighted by Gasteiger charge is 2.42. The van der Waals surface area contributed by atoms with Gasteiger partial charge < -0.3 is 49.9 Å². The molecular formula is C36H63N5O9S. The van der Waals surface area contributed by atoms with Crippen LogP contribution in [0.1, 0.15) is 77.0 Å². The second-order valence-electron chi connectivity index (χ2n) is 13.4. The molecule has 0 unspecified atom stereocenters. The lowest BCUT2D eigenvalue weighted by Gasteiger charge is -2.30. The first kappa shape index (κ1) is 43.0. The van der Waals surface area contributed by atoms with Crippen LogP contribution < -0.4 is 21.3 Å². The molecule has 3 aliphatic heterocycles. The summed E-state index contributed by atoms with van der Waals surface area (Å²) in [6.07, 6.45) is 8.13. The first-order chi connectivity index (χ1) is 24.8. The molecule has 3 aliphatic rings. The maximum Gasteiger partial charge on any atom is 0.315 e. The standard InChI is InChI=1S/C36H63N5O9S/c1-27-11-6-7-18-41(25-29(46-2)35(27)47-3)33(44)15-8-14-32(43)38-17-10-20-49-22-24-50-23-21-48-19-9-16-37-31(42)13-5-4-12-30-34-28(26-51-30)39-36(45)40-34/h28-30,34-35H,1,4-26H2,2-3H3,(H,37,42)(H,38,43)(H2,39,40,45)/t28-,29-,30-,34-,35-/m0/s1. The molecule has 15 heteroatoms. The third kappa shape index (κ3) is 16.8. The Hall–Kier alpha value is -2.43. The summed E-state index contributed by atoms with van der Waals surface area (Å²) in [6, 6.07) is 0.406. The van der Waals surface area contributed by atoms with Crippen molar-refractivity contribution in [3.05, 3.63) is 12.2 Å². The van der Waals surface area contributed by atoms with Crippen LogP contribution in [0.15, 0.2) is 12.2 Å². The summed E-state index contributed by atoms with van der Waals surface area (Å²) >= 11 is 1.90. The number of amides is 5. The van der Waals surface area contributed by atoms with Crippen molar-refractivity contribution in [3.63, 3.8) is 0 Å². The number of nitrogens with one attached hydrogen (secondary N) is 4. The van der Waals surface area contributed by atoms with Gasteiger partial charge in [0.05, 0.1) is 38.5 Å². The molecule has 51 heavy (non-hydrogen) atoms. The summed E-state index contributed by atoms with van der Waals surface area (Å²) < 4.78 is 27.9. The summed E-state index contributed by atoms with van der Waals surface area (Å²) in [5.74, 6) is 1.00. The van der Waals surface area contributed by atoms with Crippen LogP contribution in [0, 0.1) is 0 Å². The lowest BCUT2D eigenvalue weighted by molar-refractivity contribution is -0.134. The molecule has 5 atom stereocenters. The molecule has 0 saturated carbocycles. The van der Waals surface area contributed by atoms with Crippen LogP contribution in [-0.4, -0.2) is 144 Å². The van der Waals surface area contributed by atoms with E-state index in [0.717, 1.165) is 56.3 Å². The molecule has 3 saturated heterocycles. The number of fused-ring (bicyclic) bond motifs is 1. The minimum absolute atomic E-state index is 0.0336. The lowest BCUT2D eigenvalue weighted by atomic mass is 10.0. The summed E-state index contributed by atoms with van der Waals surface area (Å²) in [5.41, 5.74) is 0.999. The predicted molar refractivity (Wildman–Crippen MR) is 197 cm³/mol. The molecule has 292 valence electrons. The van der Waals surface area contributed by atoms with Gasteiger partial charge in [0.15, 0.2) is 0 Å². The van der Waals surface area contributed by atoms with Crippen LogP contribution in [0.3, 0.4) is 0 Å². The molecule has 0 aromatic rings. The SMILES string of the molecule is C=C1CCCCN(C(=O)CCCC(=O)NCCCOCCOCCOCCCNC(=O)CCCC[C@@H]2SC[C@@H]3NC(=O)N[C@@H]32)C[C@H](OC)[C@H]1OC. The van der Waals surface area contributed by atoms with Crippen LogP contribution >= 0.6 is 11.8 Å². The van der Waals surface area contributed by atoms with Crippen molar-refractivity contribution in [1.82, 2.24) is 26.2 Å². The summed E-state index contributed by atoms with van der Waals surface area (Å²) in [5, 5.41) is 12.2. The predicted octanol–water partition coefficient (Wildman–Crippen LogP) is 2.54. The van der Waals surface area contributed by atoms with Gasteiger partial charge in [-0.1, -0.05) is 13.0 Å². The number of urea groups is 1. The Kier molecular flexibility index (Phi) is 21.5. The van der Waals surface area contributed by atoms with Crippen LogP contribution in [0.2, 0.25) is 0 Å². The highest BCUT2D eigenvalue weighted by Crippen LogP contribution is 2.33. The van der Waals surface area contributed by atoms with E-state index in [-0.39, 0.29) is 48.0 Å². The highest BCUT2D eigenvalue weighted by atomic mass is 32.2. The van der Waals surface area contributed by atoms with Crippen molar-refractivity contribution in [1.29, 1.82) is 0 Å². The minimum atomic E-state index is -0.264. The van der Waals surface area contributed by atoms with Crippen molar-refractivity contribution in [2.45, 2.75) is 107 Å². The normalized spacial score (nSPS) is 23.5. The van der Waals surface area contributed by atoms with Crippen molar-refractivity contribution >= 4 is 35.5 Å². The van der Waals surface area contributed by atoms with Gasteiger partial charge in [-0.2, -0.15) is 11.8 Å². The molecule has 3 rings (SSSR count). The summed E-state index contributed by atoms with van der Waals surface area (Å²) in [4.78, 5) is 50.6. The zero-order valence-corrected chi connectivity index (χ0v) is 31.7. The van der Waals surface area contributed by atoms with E-state index >= 15 is 0 Å². The molecule has 0 aromatic heterocycles. The largest absolute Gasteiger partial charge is 0.379 e. The van der Waals surface area contributed by atoms with Crippen LogP contribution in [-0.2, 0) is 38.1 Å². The number of methoxy groups -OCH3 is 2. The van der Waals surface area contributed by atoms with Gasteiger partial charge in [0.2, 0.25) is 17.7 Å². The number of nitrogens with zero attached hydrogens (tertiary/aromatic N) is 1. The Morgan fingerprint density at radius 2 is 1.47 bits per heavy atom. The Morgan fingerprint density at radius 1 is 0.824 bits per heavy atom. The third-order valence-electron chi connectivity index (χ3n) is 9.42. The maximum absolute atomic E-state index is 12.9. The van der Waals surface area contributed by atoms with E-state index in [4.69, 9.17) is 23.7 Å². The van der Waals surface area contributed by atoms with E-state index in [2.05, 4.69) is 27.8 Å². The number of carbonyl (C=O) groups excluding carboxylic acids is 4. The number of hydrogen-bond donors (Lipinski definition) is 4. The molecule has 0 bridgehead atoms. The second-order valence-corrected chi connectivity index (χ2v) is 14.6. The second kappa shape index (κ2) is 25.5. The zero-order chi connectivity index (χ0) is 36.7. The molecular weight excluding hydrogens is 678 g/mol. The Morgan fingerprint density at radius 3 is 2.12 bits per heavy atom. The molecule has 3 heterocycles. The molecule has 3 fully saturated rings. The monoisotopic (exact) mass is 741 g/mol. The first-order valence-electron chi connectivity index (χ1n) is 18.8. The van der Waals surface area contributed by atoms with Gasteiger partial charge in [0.25, 0.3) is 0 Å². The van der Waals surface area contributed by atoms with E-state index in [9.17, 15) is 19.2 Å². The van der Waals surface area contributed by atoms with Crippen LogP contribution in [0.25, 0.3) is 0 Å². The van der Waals surface area contributed by atoms with Gasteiger partial charge in [-0.05, 0) is 56.9 Å². The van der Waals surface area contributed by atoms with Crippen molar-refractivity contribution in [2.24, 2.45) is 0 Å². The topological polar surface area (TPSA) is 166 Å². The number of thioether (sulfide) groups is 1. The Labute approximate surface area is 308 Å². The average Bonchev–Trinajstić information content (AvgIpc) is 3.69. The first-order valence-corrected chi connectivity index (χ1v) is 19.8. The zero-order valence-electron chi connectivity index (χ0n) is 30.9. The summed E-state index contributed by atoms with van der Waals surface area (Å²) in [6.45, 7) is 9.36. The number of unbranched alkanes of at least 4 members (excludes halogenated alkanes) is 1. The van der Waals surface area contributed by atoms with Crippen molar-refractivity contribution in [2.75, 3.05) is 85.8 Å². The smallest absolute Gasteiger partial charge is 0.315 e. The molecule has 4 N–H and O–H groups in total. The highest BCUT2D eigenvalue weighted by molar-refractivity contribution is 8.00. The number of carbonyl (C=O) groups is 4. The molecule has 5 amide bonds. The Balaban J connectivity index is 1.05. The third-order valence-corrected chi connectivity index (χ3v) is 10.9. The van der Waals surface area contributed by atoms with Gasteiger partial charge in [-0.3, -0.25) is 14.4 Å². The fourth-order valence-corrected chi connectivity index (χ4v) is 8.11. The quantitative estimate of drug-likeness (QED) is 0.0621. The molecule has 0 radical (unpaired) electrons. The minimum Gasteiger partial charge on any atom is -0.379 e. The van der Waals surface area contributed by atoms with Crippen LogP contribution in [0.4, 0.5) is 4.79 Å². The van der Waals surface area contributed by atoms with Gasteiger partial charge in [-0.15, -0.1) is 0 Å². The van der Waals surface area contributed by atoms with Gasteiger partial charge >= 0.3 is 6.03 Å². The van der Waals surface area contributed by atoms with E-state index in [1.54, 1.807) is 14.2 Å². The fourth-order valence-electron chi connectivity index (χ4n) is 6.56. The fraction of sp³-hybridized carbons (Fsp3) is 0.833. The molecule has 0 aromatic carbocycles. The van der Waals surface area contributed by atoms with Gasteiger partial charge in [-0.25, -0.2) is 4.79 Å². The number of rotatable bonds is 25. The number of hydrogen-bond acceptors (Lipinski definition) is 10. The van der Waals surface area contributed by atoms with Crippen molar-refractivity contribution < 1.29 is 42.9 Å². The van der Waals surface area contributed by atoms with E-state index < -0.39 is 0 Å². The summed E-state index contributed by atoms with van der Waals surface area (Å²) in [7, 11) is 3.28. The Bertz CT molecular complexity index is 1070. The van der Waals surface area contributed by atoms with Crippen LogP contribution in [0.5, 0.6) is 0 Å². The van der Waals surface area contributed by atoms with E-state index in [1.807, 2.05) is 16.7 Å². The average molecular weight is 742 g/mol. The lowest BCUT2D eigenvalue weighted by Crippen LogP contribution is -2.44. The molecule has 0 spiro atoms.